The molecule has 3 heterocycles. The van der Waals surface area contributed by atoms with Crippen LogP contribution in [0.3, 0.4) is 0 Å². The maximum Gasteiger partial charge on any atom is 0.212 e. The van der Waals surface area contributed by atoms with Crippen LogP contribution in [0, 0.1) is 0 Å². The van der Waals surface area contributed by atoms with Gasteiger partial charge >= 0.3 is 0 Å². The van der Waals surface area contributed by atoms with Gasteiger partial charge in [0.05, 0.1) is 20.3 Å². The first-order valence-electron chi connectivity index (χ1n) is 6.88. The minimum Gasteiger partial charge on any atom is -0.481 e. The fraction of sp³-hybridized carbons (Fsp3) is 0.643. The number of morpholine rings is 1. The van der Waals surface area contributed by atoms with Crippen LogP contribution in [0.2, 0.25) is 0 Å². The fourth-order valence-corrected chi connectivity index (χ4v) is 2.73. The van der Waals surface area contributed by atoms with E-state index in [2.05, 4.69) is 20.9 Å². The third-order valence-electron chi connectivity index (χ3n) is 3.91. The lowest BCUT2D eigenvalue weighted by Crippen LogP contribution is -2.60. The molecule has 0 aliphatic carbocycles. The molecule has 1 aromatic heterocycles. The summed E-state index contributed by atoms with van der Waals surface area (Å²) in [6, 6.07) is 4.73. The number of likely N-dealkylation sites (tertiary alicyclic amines) is 1. The summed E-state index contributed by atoms with van der Waals surface area (Å²) in [5.41, 5.74) is 1.25. The summed E-state index contributed by atoms with van der Waals surface area (Å²) in [5.74, 6) is 0.679. The van der Waals surface area contributed by atoms with Gasteiger partial charge < -0.3 is 9.47 Å². The van der Waals surface area contributed by atoms with Gasteiger partial charge in [-0.15, -0.1) is 0 Å². The smallest absolute Gasteiger partial charge is 0.212 e. The van der Waals surface area contributed by atoms with Gasteiger partial charge in [-0.25, -0.2) is 4.98 Å². The molecular formula is C14H21N3O2. The Hall–Kier alpha value is -1.17. The molecule has 0 saturated carbocycles. The van der Waals surface area contributed by atoms with E-state index in [-0.39, 0.29) is 0 Å². The van der Waals surface area contributed by atoms with E-state index in [0.29, 0.717) is 5.88 Å². The van der Waals surface area contributed by atoms with Crippen LogP contribution in [0.25, 0.3) is 0 Å². The van der Waals surface area contributed by atoms with Gasteiger partial charge in [0.15, 0.2) is 0 Å². The molecule has 2 saturated heterocycles. The van der Waals surface area contributed by atoms with Crippen molar-refractivity contribution in [2.45, 2.75) is 12.6 Å². The van der Waals surface area contributed by atoms with Crippen LogP contribution in [-0.4, -0.2) is 67.3 Å². The van der Waals surface area contributed by atoms with E-state index in [1.54, 1.807) is 7.11 Å². The summed E-state index contributed by atoms with van der Waals surface area (Å²) < 4.78 is 10.5. The van der Waals surface area contributed by atoms with E-state index in [1.807, 2.05) is 12.3 Å². The second-order valence-corrected chi connectivity index (χ2v) is 5.21. The first-order chi connectivity index (χ1) is 9.35. The Balaban J connectivity index is 1.45. The third kappa shape index (κ3) is 3.05. The third-order valence-corrected chi connectivity index (χ3v) is 3.91. The van der Waals surface area contributed by atoms with Gasteiger partial charge in [-0.05, 0) is 5.56 Å². The number of methoxy groups -OCH3 is 1. The number of pyridine rings is 1. The summed E-state index contributed by atoms with van der Waals surface area (Å²) in [7, 11) is 1.64. The Kier molecular flexibility index (Phi) is 3.96. The highest BCUT2D eigenvalue weighted by Gasteiger charge is 2.32. The van der Waals surface area contributed by atoms with E-state index in [9.17, 15) is 0 Å². The average molecular weight is 263 g/mol. The molecule has 2 aliphatic rings. The van der Waals surface area contributed by atoms with Crippen molar-refractivity contribution in [3.05, 3.63) is 23.9 Å². The second-order valence-electron chi connectivity index (χ2n) is 5.21. The number of hydrogen-bond acceptors (Lipinski definition) is 5. The lowest BCUT2D eigenvalue weighted by molar-refractivity contribution is -0.0344. The van der Waals surface area contributed by atoms with Crippen LogP contribution >= 0.6 is 0 Å². The van der Waals surface area contributed by atoms with Gasteiger partial charge in [0.1, 0.15) is 0 Å². The van der Waals surface area contributed by atoms with Crippen LogP contribution in [0.15, 0.2) is 18.3 Å². The Morgan fingerprint density at radius 1 is 1.32 bits per heavy atom. The van der Waals surface area contributed by atoms with E-state index in [0.717, 1.165) is 52.0 Å². The largest absolute Gasteiger partial charge is 0.481 e. The Morgan fingerprint density at radius 2 is 2.11 bits per heavy atom. The van der Waals surface area contributed by atoms with Crippen LogP contribution in [0.4, 0.5) is 0 Å². The lowest BCUT2D eigenvalue weighted by Gasteiger charge is -2.46. The van der Waals surface area contributed by atoms with Gasteiger partial charge in [0.2, 0.25) is 5.88 Å². The highest BCUT2D eigenvalue weighted by atomic mass is 16.5. The first kappa shape index (κ1) is 12.8. The highest BCUT2D eigenvalue weighted by Crippen LogP contribution is 2.19. The van der Waals surface area contributed by atoms with Crippen molar-refractivity contribution in [2.75, 3.05) is 46.5 Å². The zero-order valence-corrected chi connectivity index (χ0v) is 11.4. The van der Waals surface area contributed by atoms with Gasteiger partial charge in [0, 0.05) is 51.0 Å². The topological polar surface area (TPSA) is 37.8 Å². The number of aromatic nitrogens is 1. The van der Waals surface area contributed by atoms with Crippen molar-refractivity contribution in [1.82, 2.24) is 14.8 Å². The van der Waals surface area contributed by atoms with E-state index >= 15 is 0 Å². The molecule has 1 aromatic rings. The first-order valence-corrected chi connectivity index (χ1v) is 6.88. The maximum absolute atomic E-state index is 5.39. The lowest BCUT2D eigenvalue weighted by atomic mass is 10.1. The number of nitrogens with zero attached hydrogens (tertiary/aromatic N) is 3. The van der Waals surface area contributed by atoms with Crippen molar-refractivity contribution in [1.29, 1.82) is 0 Å². The van der Waals surface area contributed by atoms with E-state index in [4.69, 9.17) is 9.47 Å². The molecule has 2 fully saturated rings. The molecule has 104 valence electrons. The molecule has 3 rings (SSSR count). The van der Waals surface area contributed by atoms with Crippen molar-refractivity contribution in [3.8, 4) is 5.88 Å². The van der Waals surface area contributed by atoms with Gasteiger partial charge in [-0.1, -0.05) is 6.07 Å². The van der Waals surface area contributed by atoms with Gasteiger partial charge in [0.25, 0.3) is 0 Å². The molecule has 0 aromatic carbocycles. The summed E-state index contributed by atoms with van der Waals surface area (Å²) >= 11 is 0. The van der Waals surface area contributed by atoms with Crippen LogP contribution in [0.1, 0.15) is 5.56 Å². The Labute approximate surface area is 114 Å². The summed E-state index contributed by atoms with van der Waals surface area (Å²) in [4.78, 5) is 9.25. The minimum absolute atomic E-state index is 0.679. The molecule has 0 spiro atoms. The predicted molar refractivity (Wildman–Crippen MR) is 72.2 cm³/mol. The summed E-state index contributed by atoms with van der Waals surface area (Å²) in [6.07, 6.45) is 1.90. The molecule has 0 radical (unpaired) electrons. The second kappa shape index (κ2) is 5.86. The monoisotopic (exact) mass is 263 g/mol. The Bertz CT molecular complexity index is 398. The molecule has 2 aliphatic heterocycles. The molecule has 0 bridgehead atoms. The molecule has 5 heteroatoms. The van der Waals surface area contributed by atoms with Crippen LogP contribution in [0.5, 0.6) is 5.88 Å². The summed E-state index contributed by atoms with van der Waals surface area (Å²) in [6.45, 7) is 7.25. The van der Waals surface area contributed by atoms with Crippen molar-refractivity contribution in [3.63, 3.8) is 0 Å². The van der Waals surface area contributed by atoms with Crippen molar-refractivity contribution >= 4 is 0 Å². The quantitative estimate of drug-likeness (QED) is 0.795. The number of ether oxygens (including phenoxy) is 2. The van der Waals surface area contributed by atoms with E-state index in [1.165, 1.54) is 5.56 Å². The molecular weight excluding hydrogens is 242 g/mol. The molecule has 5 nitrogen and oxygen atoms in total. The Morgan fingerprint density at radius 3 is 2.74 bits per heavy atom. The summed E-state index contributed by atoms with van der Waals surface area (Å²) in [5, 5.41) is 0. The highest BCUT2D eigenvalue weighted by molar-refractivity contribution is 5.18. The SMILES string of the molecule is COc1ccc(CN2CC(N3CCOCC3)C2)cn1. The zero-order valence-electron chi connectivity index (χ0n) is 11.4. The number of hydrogen-bond donors (Lipinski definition) is 0. The molecule has 0 atom stereocenters. The fourth-order valence-electron chi connectivity index (χ4n) is 2.73. The average Bonchev–Trinajstić information content (AvgIpc) is 2.44. The minimum atomic E-state index is 0.679. The molecule has 0 amide bonds. The van der Waals surface area contributed by atoms with E-state index < -0.39 is 0 Å². The molecule has 0 N–H and O–H groups in total. The maximum atomic E-state index is 5.39. The van der Waals surface area contributed by atoms with Crippen LogP contribution in [-0.2, 0) is 11.3 Å². The van der Waals surface area contributed by atoms with Gasteiger partial charge in [-0.3, -0.25) is 9.80 Å². The van der Waals surface area contributed by atoms with Crippen molar-refractivity contribution < 1.29 is 9.47 Å². The molecule has 0 unspecified atom stereocenters. The predicted octanol–water partition coefficient (Wildman–Crippen LogP) is 0.607. The standard InChI is InChI=1S/C14H21N3O2/c1-18-14-3-2-12(8-15-14)9-16-10-13(11-16)17-4-6-19-7-5-17/h2-3,8,13H,4-7,9-11H2,1H3. The van der Waals surface area contributed by atoms with Crippen molar-refractivity contribution in [2.24, 2.45) is 0 Å². The normalized spacial score (nSPS) is 22.2. The molecule has 19 heavy (non-hydrogen) atoms. The number of rotatable bonds is 4. The van der Waals surface area contributed by atoms with Gasteiger partial charge in [-0.2, -0.15) is 0 Å². The zero-order chi connectivity index (χ0) is 13.1. The van der Waals surface area contributed by atoms with Crippen LogP contribution < -0.4 is 4.74 Å².